The van der Waals surface area contributed by atoms with Crippen molar-refractivity contribution in [3.63, 3.8) is 0 Å². The molecule has 2 rings (SSSR count). The van der Waals surface area contributed by atoms with Crippen LogP contribution in [0.5, 0.6) is 0 Å². The molecular formula is C13H13N3. The van der Waals surface area contributed by atoms with E-state index in [1.165, 1.54) is 0 Å². The van der Waals surface area contributed by atoms with Gasteiger partial charge in [-0.25, -0.2) is 0 Å². The Morgan fingerprint density at radius 3 is 2.94 bits per heavy atom. The van der Waals surface area contributed by atoms with Crippen molar-refractivity contribution in [2.75, 3.05) is 0 Å². The minimum Gasteiger partial charge on any atom is -0.323 e. The summed E-state index contributed by atoms with van der Waals surface area (Å²) in [7, 11) is 0. The van der Waals surface area contributed by atoms with E-state index in [-0.39, 0.29) is 6.04 Å². The van der Waals surface area contributed by atoms with E-state index in [4.69, 9.17) is 5.73 Å². The van der Waals surface area contributed by atoms with E-state index in [0.29, 0.717) is 6.42 Å². The summed E-state index contributed by atoms with van der Waals surface area (Å²) in [4.78, 5) is 8.57. The van der Waals surface area contributed by atoms with Gasteiger partial charge in [0.05, 0.1) is 11.0 Å². The van der Waals surface area contributed by atoms with Crippen LogP contribution in [-0.2, 0) is 0 Å². The third-order valence-corrected chi connectivity index (χ3v) is 2.43. The number of hydrogen-bond acceptors (Lipinski definition) is 3. The number of benzene rings is 1. The average molecular weight is 211 g/mol. The number of rotatable bonds is 2. The molecule has 1 aromatic carbocycles. The molecule has 0 fully saturated rings. The Bertz CT molecular complexity index is 546. The van der Waals surface area contributed by atoms with Gasteiger partial charge in [-0.3, -0.25) is 9.97 Å². The first-order valence-electron chi connectivity index (χ1n) is 5.17. The molecule has 3 heteroatoms. The quantitative estimate of drug-likeness (QED) is 0.773. The highest BCUT2D eigenvalue weighted by molar-refractivity contribution is 5.78. The van der Waals surface area contributed by atoms with Crippen molar-refractivity contribution in [3.8, 4) is 11.8 Å². The summed E-state index contributed by atoms with van der Waals surface area (Å²) in [6, 6.07) is 5.77. The smallest absolute Gasteiger partial charge is 0.0934 e. The summed E-state index contributed by atoms with van der Waals surface area (Å²) in [5, 5.41) is 0. The Kier molecular flexibility index (Phi) is 3.13. The third kappa shape index (κ3) is 2.02. The molecule has 1 atom stereocenters. The van der Waals surface area contributed by atoms with Crippen molar-refractivity contribution < 1.29 is 0 Å². The van der Waals surface area contributed by atoms with Gasteiger partial charge in [0.15, 0.2) is 0 Å². The zero-order chi connectivity index (χ0) is 11.4. The van der Waals surface area contributed by atoms with Gasteiger partial charge in [-0.1, -0.05) is 12.1 Å². The largest absolute Gasteiger partial charge is 0.323 e. The summed E-state index contributed by atoms with van der Waals surface area (Å²) in [6.07, 6.45) is 4.01. The Labute approximate surface area is 94.7 Å². The maximum absolute atomic E-state index is 6.08. The zero-order valence-electron chi connectivity index (χ0n) is 9.14. The number of para-hydroxylation sites is 1. The van der Waals surface area contributed by atoms with Crippen LogP contribution in [0.15, 0.2) is 30.6 Å². The second kappa shape index (κ2) is 4.73. The fraction of sp³-hybridized carbons (Fsp3) is 0.231. The van der Waals surface area contributed by atoms with Crippen molar-refractivity contribution in [2.45, 2.75) is 19.4 Å². The fourth-order valence-corrected chi connectivity index (χ4v) is 1.64. The first kappa shape index (κ1) is 10.6. The molecule has 0 aliphatic rings. The molecular weight excluding hydrogens is 198 g/mol. The van der Waals surface area contributed by atoms with Crippen molar-refractivity contribution in [3.05, 3.63) is 36.2 Å². The van der Waals surface area contributed by atoms with Crippen LogP contribution in [0.3, 0.4) is 0 Å². The number of nitrogens with two attached hydrogens (primary N) is 1. The highest BCUT2D eigenvalue weighted by atomic mass is 14.8. The molecule has 0 amide bonds. The first-order valence-corrected chi connectivity index (χ1v) is 5.17. The summed E-state index contributed by atoms with van der Waals surface area (Å²) < 4.78 is 0. The molecule has 0 aliphatic heterocycles. The number of hydrogen-bond donors (Lipinski definition) is 1. The molecule has 0 radical (unpaired) electrons. The molecule has 0 saturated heterocycles. The van der Waals surface area contributed by atoms with Gasteiger partial charge in [0.1, 0.15) is 0 Å². The van der Waals surface area contributed by atoms with Crippen LogP contribution in [0.1, 0.15) is 24.9 Å². The molecule has 1 aromatic heterocycles. The van der Waals surface area contributed by atoms with Gasteiger partial charge in [-0.05, 0) is 18.6 Å². The van der Waals surface area contributed by atoms with E-state index in [1.807, 2.05) is 25.1 Å². The van der Waals surface area contributed by atoms with Crippen molar-refractivity contribution in [1.82, 2.24) is 9.97 Å². The molecule has 2 aromatic rings. The molecule has 3 nitrogen and oxygen atoms in total. The minimum atomic E-state index is -0.104. The third-order valence-electron chi connectivity index (χ3n) is 2.43. The summed E-state index contributed by atoms with van der Waals surface area (Å²) >= 11 is 0. The monoisotopic (exact) mass is 211 g/mol. The van der Waals surface area contributed by atoms with Gasteiger partial charge >= 0.3 is 0 Å². The highest BCUT2D eigenvalue weighted by Gasteiger charge is 2.09. The van der Waals surface area contributed by atoms with E-state index in [2.05, 4.69) is 21.8 Å². The Morgan fingerprint density at radius 1 is 1.31 bits per heavy atom. The normalized spacial score (nSPS) is 11.9. The number of nitrogens with zero attached hydrogens (tertiary/aromatic N) is 2. The predicted octanol–water partition coefficient (Wildman–Crippen LogP) is 2.04. The summed E-state index contributed by atoms with van der Waals surface area (Å²) in [5.41, 5.74) is 8.83. The number of fused-ring (bicyclic) bond motifs is 1. The standard InChI is InChI=1S/C13H13N3/c1-2-3-6-11(14)10-5-4-7-12-13(10)16-9-8-15-12/h4-5,7-9,11H,6,14H2,1H3. The maximum Gasteiger partial charge on any atom is 0.0934 e. The predicted molar refractivity (Wildman–Crippen MR) is 64.5 cm³/mol. The Balaban J connectivity index is 2.46. The van der Waals surface area contributed by atoms with Crippen LogP contribution in [0, 0.1) is 11.8 Å². The van der Waals surface area contributed by atoms with Gasteiger partial charge < -0.3 is 5.73 Å². The van der Waals surface area contributed by atoms with Crippen LogP contribution in [-0.4, -0.2) is 9.97 Å². The van der Waals surface area contributed by atoms with Crippen LogP contribution in [0.25, 0.3) is 11.0 Å². The second-order valence-corrected chi connectivity index (χ2v) is 3.51. The maximum atomic E-state index is 6.08. The van der Waals surface area contributed by atoms with E-state index in [1.54, 1.807) is 12.4 Å². The second-order valence-electron chi connectivity index (χ2n) is 3.51. The molecule has 2 N–H and O–H groups in total. The van der Waals surface area contributed by atoms with Gasteiger partial charge in [0.2, 0.25) is 0 Å². The van der Waals surface area contributed by atoms with Gasteiger partial charge in [-0.15, -0.1) is 11.8 Å². The SMILES string of the molecule is CC#CCC(N)c1cccc2nccnc12. The lowest BCUT2D eigenvalue weighted by atomic mass is 10.0. The lowest BCUT2D eigenvalue weighted by Crippen LogP contribution is -2.10. The molecule has 0 spiro atoms. The lowest BCUT2D eigenvalue weighted by molar-refractivity contribution is 0.758. The van der Waals surface area contributed by atoms with Gasteiger partial charge in [0.25, 0.3) is 0 Å². The highest BCUT2D eigenvalue weighted by Crippen LogP contribution is 2.21. The molecule has 16 heavy (non-hydrogen) atoms. The lowest BCUT2D eigenvalue weighted by Gasteiger charge is -2.10. The Hall–Kier alpha value is -1.92. The summed E-state index contributed by atoms with van der Waals surface area (Å²) in [6.45, 7) is 1.82. The van der Waals surface area contributed by atoms with Crippen LogP contribution >= 0.6 is 0 Å². The van der Waals surface area contributed by atoms with Crippen LogP contribution in [0.2, 0.25) is 0 Å². The summed E-state index contributed by atoms with van der Waals surface area (Å²) in [5.74, 6) is 5.84. The molecule has 0 aliphatic carbocycles. The van der Waals surface area contributed by atoms with E-state index >= 15 is 0 Å². The molecule has 1 unspecified atom stereocenters. The van der Waals surface area contributed by atoms with Gasteiger partial charge in [-0.2, -0.15) is 0 Å². The van der Waals surface area contributed by atoms with E-state index < -0.39 is 0 Å². The van der Waals surface area contributed by atoms with Crippen LogP contribution < -0.4 is 5.73 Å². The molecule has 0 saturated carbocycles. The van der Waals surface area contributed by atoms with Gasteiger partial charge in [0, 0.05) is 24.9 Å². The average Bonchev–Trinajstić information content (AvgIpc) is 2.35. The fourth-order valence-electron chi connectivity index (χ4n) is 1.64. The van der Waals surface area contributed by atoms with Crippen molar-refractivity contribution in [1.29, 1.82) is 0 Å². The molecule has 80 valence electrons. The minimum absolute atomic E-state index is 0.104. The first-order chi connectivity index (χ1) is 7.83. The molecule has 0 bridgehead atoms. The van der Waals surface area contributed by atoms with E-state index in [9.17, 15) is 0 Å². The van der Waals surface area contributed by atoms with Crippen LogP contribution in [0.4, 0.5) is 0 Å². The molecule has 1 heterocycles. The van der Waals surface area contributed by atoms with Crippen molar-refractivity contribution in [2.24, 2.45) is 5.73 Å². The Morgan fingerprint density at radius 2 is 2.12 bits per heavy atom. The zero-order valence-corrected chi connectivity index (χ0v) is 9.14. The van der Waals surface area contributed by atoms with E-state index in [0.717, 1.165) is 16.6 Å². The topological polar surface area (TPSA) is 51.8 Å². The van der Waals surface area contributed by atoms with Crippen molar-refractivity contribution >= 4 is 11.0 Å². The number of aromatic nitrogens is 2.